The minimum atomic E-state index is -0.959. The number of rotatable bonds is 7. The van der Waals surface area contributed by atoms with Crippen molar-refractivity contribution in [2.45, 2.75) is 50.9 Å². The molecule has 2 aromatic rings. The van der Waals surface area contributed by atoms with Gasteiger partial charge in [-0.1, -0.05) is 48.5 Å². The number of hydrogen-bond donors (Lipinski definition) is 1. The largest absolute Gasteiger partial charge is 0.467 e. The van der Waals surface area contributed by atoms with Gasteiger partial charge in [0, 0.05) is 37.8 Å². The van der Waals surface area contributed by atoms with Gasteiger partial charge in [-0.3, -0.25) is 4.79 Å². The van der Waals surface area contributed by atoms with Crippen LogP contribution in [0.4, 0.5) is 10.5 Å². The van der Waals surface area contributed by atoms with Crippen molar-refractivity contribution in [1.29, 1.82) is 0 Å². The molecule has 2 aliphatic rings. The van der Waals surface area contributed by atoms with Gasteiger partial charge in [0.2, 0.25) is 5.91 Å². The number of nitrogens with one attached hydrogen (secondary N) is 1. The van der Waals surface area contributed by atoms with Crippen LogP contribution in [0.3, 0.4) is 0 Å². The van der Waals surface area contributed by atoms with Crippen LogP contribution in [0.5, 0.6) is 0 Å². The van der Waals surface area contributed by atoms with Crippen molar-refractivity contribution < 1.29 is 23.9 Å². The molecule has 1 N–H and O–H groups in total. The molecule has 2 aliphatic heterocycles. The first-order valence-electron chi connectivity index (χ1n) is 11.7. The lowest BCUT2D eigenvalue weighted by atomic mass is 10.1. The number of hydrogen-bond acceptors (Lipinski definition) is 6. The molecule has 0 saturated carbocycles. The lowest BCUT2D eigenvalue weighted by Gasteiger charge is -2.28. The summed E-state index contributed by atoms with van der Waals surface area (Å²) in [6, 6.07) is 16.8. The van der Waals surface area contributed by atoms with Crippen LogP contribution in [0.15, 0.2) is 54.6 Å². The van der Waals surface area contributed by atoms with Crippen LogP contribution in [-0.2, 0) is 32.2 Å². The van der Waals surface area contributed by atoms with Gasteiger partial charge in [-0.05, 0) is 36.5 Å². The molecule has 2 aromatic carbocycles. The Kier molecular flexibility index (Phi) is 7.67. The van der Waals surface area contributed by atoms with Gasteiger partial charge in [0.05, 0.1) is 7.11 Å². The summed E-state index contributed by atoms with van der Waals surface area (Å²) in [6.45, 7) is 2.29. The van der Waals surface area contributed by atoms with E-state index in [1.807, 2.05) is 47.4 Å². The van der Waals surface area contributed by atoms with Crippen molar-refractivity contribution in [3.05, 3.63) is 65.7 Å². The standard InChI is InChI=1S/C26H31N3O5/c1-33-25(31)22(27-26(32)34-18-19-8-3-2-4-9-19)13-14-24(30)28-16-20-10-5-6-12-23(20)29-15-7-11-21(29)17-28/h2-6,8-10,12,21-22H,7,11,13-18H2,1H3,(H,27,32)/t21-,22+/m1/s1. The zero-order chi connectivity index (χ0) is 23.9. The van der Waals surface area contributed by atoms with Crippen molar-refractivity contribution in [2.75, 3.05) is 25.1 Å². The average Bonchev–Trinajstić information content (AvgIpc) is 3.26. The molecule has 0 radical (unpaired) electrons. The van der Waals surface area contributed by atoms with Crippen LogP contribution in [0, 0.1) is 0 Å². The minimum absolute atomic E-state index is 0.0445. The van der Waals surface area contributed by atoms with Crippen LogP contribution in [0.1, 0.15) is 36.8 Å². The Bertz CT molecular complexity index is 1010. The van der Waals surface area contributed by atoms with Gasteiger partial charge in [-0.2, -0.15) is 0 Å². The third kappa shape index (κ3) is 5.68. The summed E-state index contributed by atoms with van der Waals surface area (Å²) in [5, 5.41) is 2.55. The number of amides is 2. The quantitative estimate of drug-likeness (QED) is 0.632. The number of ether oxygens (including phenoxy) is 2. The maximum absolute atomic E-state index is 13.2. The summed E-state index contributed by atoms with van der Waals surface area (Å²) < 4.78 is 10.1. The van der Waals surface area contributed by atoms with Gasteiger partial charge in [0.1, 0.15) is 12.6 Å². The lowest BCUT2D eigenvalue weighted by Crippen LogP contribution is -2.44. The first kappa shape index (κ1) is 23.6. The zero-order valence-electron chi connectivity index (χ0n) is 19.4. The van der Waals surface area contributed by atoms with Crippen LogP contribution in [0.2, 0.25) is 0 Å². The number of carbonyl (C=O) groups excluding carboxylic acids is 3. The fourth-order valence-corrected chi connectivity index (χ4v) is 4.71. The van der Waals surface area contributed by atoms with Gasteiger partial charge in [0.15, 0.2) is 0 Å². The molecule has 34 heavy (non-hydrogen) atoms. The van der Waals surface area contributed by atoms with Gasteiger partial charge < -0.3 is 24.6 Å². The molecule has 1 saturated heterocycles. The topological polar surface area (TPSA) is 88.2 Å². The number of carbonyl (C=O) groups is 3. The normalized spacial score (nSPS) is 17.7. The Hall–Kier alpha value is -3.55. The number of nitrogens with zero attached hydrogens (tertiary/aromatic N) is 2. The molecular weight excluding hydrogens is 434 g/mol. The first-order chi connectivity index (χ1) is 16.5. The smallest absolute Gasteiger partial charge is 0.408 e. The van der Waals surface area contributed by atoms with E-state index in [0.717, 1.165) is 30.5 Å². The van der Waals surface area contributed by atoms with Gasteiger partial charge in [-0.15, -0.1) is 0 Å². The highest BCUT2D eigenvalue weighted by Gasteiger charge is 2.33. The van der Waals surface area contributed by atoms with Crippen LogP contribution in [-0.4, -0.2) is 55.2 Å². The number of esters is 1. The maximum atomic E-state index is 13.2. The second-order valence-electron chi connectivity index (χ2n) is 8.71. The number of methoxy groups -OCH3 is 1. The average molecular weight is 466 g/mol. The second kappa shape index (κ2) is 11.0. The highest BCUT2D eigenvalue weighted by molar-refractivity contribution is 5.83. The third-order valence-corrected chi connectivity index (χ3v) is 6.46. The van der Waals surface area contributed by atoms with Crippen molar-refractivity contribution >= 4 is 23.7 Å². The Balaban J connectivity index is 1.35. The van der Waals surface area contributed by atoms with E-state index in [1.54, 1.807) is 0 Å². The lowest BCUT2D eigenvalue weighted by molar-refractivity contribution is -0.143. The van der Waals surface area contributed by atoms with Crippen LogP contribution < -0.4 is 10.2 Å². The van der Waals surface area contributed by atoms with Crippen molar-refractivity contribution in [3.8, 4) is 0 Å². The van der Waals surface area contributed by atoms with E-state index in [0.29, 0.717) is 19.1 Å². The number of benzene rings is 2. The Morgan fingerprint density at radius 3 is 2.65 bits per heavy atom. The van der Waals surface area contributed by atoms with Gasteiger partial charge in [0.25, 0.3) is 0 Å². The van der Waals surface area contributed by atoms with Crippen LogP contribution in [0.25, 0.3) is 0 Å². The summed E-state index contributed by atoms with van der Waals surface area (Å²) in [5.41, 5.74) is 3.17. The summed E-state index contributed by atoms with van der Waals surface area (Å²) in [4.78, 5) is 42.0. The van der Waals surface area contributed by atoms with E-state index in [9.17, 15) is 14.4 Å². The fraction of sp³-hybridized carbons (Fsp3) is 0.423. The minimum Gasteiger partial charge on any atom is -0.467 e. The predicted octanol–water partition coefficient (Wildman–Crippen LogP) is 3.25. The van der Waals surface area contributed by atoms with E-state index in [1.165, 1.54) is 12.8 Å². The molecule has 0 bridgehead atoms. The van der Waals surface area contributed by atoms with Gasteiger partial charge >= 0.3 is 12.1 Å². The molecule has 8 heteroatoms. The Labute approximate surface area is 199 Å². The van der Waals surface area contributed by atoms with E-state index < -0.39 is 18.1 Å². The molecule has 0 aromatic heterocycles. The maximum Gasteiger partial charge on any atom is 0.408 e. The van der Waals surface area contributed by atoms with Crippen molar-refractivity contribution in [2.24, 2.45) is 0 Å². The molecule has 4 rings (SSSR count). The first-order valence-corrected chi connectivity index (χ1v) is 11.7. The SMILES string of the molecule is COC(=O)[C@H](CCC(=O)N1Cc2ccccc2N2CCC[C@@H]2C1)NC(=O)OCc1ccccc1. The van der Waals surface area contributed by atoms with E-state index in [2.05, 4.69) is 22.3 Å². The zero-order valence-corrected chi connectivity index (χ0v) is 19.4. The predicted molar refractivity (Wildman–Crippen MR) is 127 cm³/mol. The molecule has 8 nitrogen and oxygen atoms in total. The fourth-order valence-electron chi connectivity index (χ4n) is 4.71. The number of para-hydroxylation sites is 1. The van der Waals surface area contributed by atoms with Gasteiger partial charge in [-0.25, -0.2) is 9.59 Å². The molecule has 2 heterocycles. The molecule has 2 atom stereocenters. The monoisotopic (exact) mass is 465 g/mol. The Morgan fingerprint density at radius 1 is 1.09 bits per heavy atom. The van der Waals surface area contributed by atoms with E-state index in [-0.39, 0.29) is 25.4 Å². The van der Waals surface area contributed by atoms with Crippen molar-refractivity contribution in [1.82, 2.24) is 10.2 Å². The highest BCUT2D eigenvalue weighted by atomic mass is 16.6. The Morgan fingerprint density at radius 2 is 1.85 bits per heavy atom. The summed E-state index contributed by atoms with van der Waals surface area (Å²) >= 11 is 0. The highest BCUT2D eigenvalue weighted by Crippen LogP contribution is 2.33. The molecule has 180 valence electrons. The van der Waals surface area contributed by atoms with Crippen LogP contribution >= 0.6 is 0 Å². The second-order valence-corrected chi connectivity index (χ2v) is 8.71. The summed E-state index contributed by atoms with van der Waals surface area (Å²) in [7, 11) is 1.26. The number of alkyl carbamates (subject to hydrolysis) is 1. The van der Waals surface area contributed by atoms with Crippen molar-refractivity contribution in [3.63, 3.8) is 0 Å². The molecule has 0 spiro atoms. The third-order valence-electron chi connectivity index (χ3n) is 6.46. The summed E-state index contributed by atoms with van der Waals surface area (Å²) in [5.74, 6) is -0.649. The molecule has 1 fully saturated rings. The summed E-state index contributed by atoms with van der Waals surface area (Å²) in [6.07, 6.45) is 1.70. The number of fused-ring (bicyclic) bond motifs is 3. The molecule has 2 amide bonds. The molecule has 0 aliphatic carbocycles. The number of anilines is 1. The van der Waals surface area contributed by atoms with E-state index in [4.69, 9.17) is 9.47 Å². The van der Waals surface area contributed by atoms with E-state index >= 15 is 0 Å². The molecule has 0 unspecified atom stereocenters. The molecular formula is C26H31N3O5.